The Hall–Kier alpha value is -2.90. The van der Waals surface area contributed by atoms with Crippen molar-refractivity contribution in [2.24, 2.45) is 0 Å². The van der Waals surface area contributed by atoms with E-state index in [0.29, 0.717) is 27.7 Å². The Morgan fingerprint density at radius 2 is 1.96 bits per heavy atom. The van der Waals surface area contributed by atoms with Gasteiger partial charge < -0.3 is 10.6 Å². The molecule has 0 aliphatic carbocycles. The third-order valence-corrected chi connectivity index (χ3v) is 4.13. The fourth-order valence-corrected chi connectivity index (χ4v) is 2.88. The largest absolute Gasteiger partial charge is 0.398 e. The second-order valence-electron chi connectivity index (χ2n) is 5.53. The van der Waals surface area contributed by atoms with E-state index in [4.69, 9.17) is 5.73 Å². The number of nitrogens with zero attached hydrogens (tertiary/aromatic N) is 3. The van der Waals surface area contributed by atoms with E-state index in [2.05, 4.69) is 0 Å². The lowest BCUT2D eigenvalue weighted by atomic mass is 10.00. The zero-order valence-electron chi connectivity index (χ0n) is 12.6. The summed E-state index contributed by atoms with van der Waals surface area (Å²) in [6, 6.07) is 4.53. The second kappa shape index (κ2) is 5.38. The van der Waals surface area contributed by atoms with E-state index in [9.17, 15) is 19.2 Å². The average Bonchev–Trinajstić information content (AvgIpc) is 2.72. The number of imide groups is 2. The van der Waals surface area contributed by atoms with Crippen LogP contribution in [0.3, 0.4) is 0 Å². The van der Waals surface area contributed by atoms with Crippen molar-refractivity contribution in [1.29, 1.82) is 0 Å². The fourth-order valence-electron chi connectivity index (χ4n) is 2.88. The van der Waals surface area contributed by atoms with Crippen LogP contribution in [0.5, 0.6) is 0 Å². The number of nitrogen functional groups attached to an aromatic ring is 1. The van der Waals surface area contributed by atoms with Gasteiger partial charge in [0.05, 0.1) is 0 Å². The first kappa shape index (κ1) is 15.0. The number of anilines is 2. The van der Waals surface area contributed by atoms with Crippen molar-refractivity contribution in [2.75, 3.05) is 30.8 Å². The number of carbonyl (C=O) groups is 4. The summed E-state index contributed by atoms with van der Waals surface area (Å²) in [6.45, 7) is 0.0251. The van der Waals surface area contributed by atoms with Gasteiger partial charge in [-0.15, -0.1) is 0 Å². The lowest BCUT2D eigenvalue weighted by molar-refractivity contribution is -0.143. The Morgan fingerprint density at radius 1 is 1.22 bits per heavy atom. The molecule has 5 amide bonds. The van der Waals surface area contributed by atoms with Crippen LogP contribution in [0.2, 0.25) is 0 Å². The first-order valence-corrected chi connectivity index (χ1v) is 7.23. The maximum atomic E-state index is 12.5. The zero-order chi connectivity index (χ0) is 16.7. The normalized spacial score (nSPS) is 17.8. The van der Waals surface area contributed by atoms with Crippen LogP contribution >= 0.6 is 0 Å². The molecule has 3 rings (SSSR count). The molecule has 0 spiro atoms. The molecule has 0 saturated carbocycles. The number of rotatable bonds is 2. The lowest BCUT2D eigenvalue weighted by Gasteiger charge is -2.31. The van der Waals surface area contributed by atoms with Crippen LogP contribution < -0.4 is 10.6 Å². The monoisotopic (exact) mass is 316 g/mol. The number of hydrogen-bond acceptors (Lipinski definition) is 5. The number of nitrogens with two attached hydrogens (primary N) is 1. The summed E-state index contributed by atoms with van der Waals surface area (Å²) in [6.07, 6.45) is 1.52. The number of urea groups is 1. The van der Waals surface area contributed by atoms with Gasteiger partial charge in [-0.1, -0.05) is 6.07 Å². The van der Waals surface area contributed by atoms with E-state index in [1.165, 1.54) is 11.9 Å². The molecule has 0 atom stereocenters. The Labute approximate surface area is 132 Å². The molecule has 1 aromatic rings. The highest BCUT2D eigenvalue weighted by atomic mass is 16.2. The van der Waals surface area contributed by atoms with Crippen LogP contribution in [0.1, 0.15) is 12.0 Å². The van der Waals surface area contributed by atoms with E-state index in [-0.39, 0.29) is 0 Å². The van der Waals surface area contributed by atoms with E-state index >= 15 is 0 Å². The number of hydrogen-bond donors (Lipinski definition) is 1. The van der Waals surface area contributed by atoms with Crippen LogP contribution in [0, 0.1) is 0 Å². The van der Waals surface area contributed by atoms with Crippen LogP contribution in [-0.4, -0.2) is 53.7 Å². The highest BCUT2D eigenvalue weighted by Gasteiger charge is 2.43. The Balaban J connectivity index is 1.83. The molecule has 2 aliphatic heterocycles. The van der Waals surface area contributed by atoms with Crippen LogP contribution in [0.15, 0.2) is 18.2 Å². The highest BCUT2D eigenvalue weighted by molar-refractivity contribution is 6.45. The first-order valence-electron chi connectivity index (χ1n) is 7.23. The topological polar surface area (TPSA) is 104 Å². The van der Waals surface area contributed by atoms with Crippen molar-refractivity contribution < 1.29 is 19.2 Å². The fraction of sp³-hybridized carbons (Fsp3) is 0.333. The van der Waals surface area contributed by atoms with Crippen molar-refractivity contribution in [2.45, 2.75) is 12.8 Å². The van der Waals surface area contributed by atoms with Gasteiger partial charge in [-0.2, -0.15) is 0 Å². The smallest absolute Gasteiger partial charge is 0.334 e. The quantitative estimate of drug-likeness (QED) is 0.469. The van der Waals surface area contributed by atoms with Crippen molar-refractivity contribution in [3.8, 4) is 0 Å². The number of fused-ring (bicyclic) bond motifs is 1. The lowest BCUT2D eigenvalue weighted by Crippen LogP contribution is -2.45. The predicted octanol–water partition coefficient (Wildman–Crippen LogP) is -0.0314. The van der Waals surface area contributed by atoms with Gasteiger partial charge in [-0.05, 0) is 30.5 Å². The molecule has 23 heavy (non-hydrogen) atoms. The molecule has 0 radical (unpaired) electrons. The number of benzene rings is 1. The molecule has 0 aromatic heterocycles. The highest BCUT2D eigenvalue weighted by Crippen LogP contribution is 2.31. The van der Waals surface area contributed by atoms with Gasteiger partial charge in [0.15, 0.2) is 0 Å². The summed E-state index contributed by atoms with van der Waals surface area (Å²) < 4.78 is 0. The molecular weight excluding hydrogens is 300 g/mol. The van der Waals surface area contributed by atoms with Crippen molar-refractivity contribution in [3.63, 3.8) is 0 Å². The summed E-state index contributed by atoms with van der Waals surface area (Å²) in [4.78, 5) is 50.6. The number of amides is 5. The summed E-state index contributed by atoms with van der Waals surface area (Å²) in [5.41, 5.74) is 8.14. The molecule has 1 fully saturated rings. The van der Waals surface area contributed by atoms with Gasteiger partial charge >= 0.3 is 17.8 Å². The SMILES string of the molecule is CN1C(=O)C(=O)N(CC(=O)N2CCCc3c(N)cccc32)C1=O. The van der Waals surface area contributed by atoms with E-state index in [0.717, 1.165) is 18.4 Å². The number of likely N-dealkylation sites (N-methyl/N-ethyl adjacent to an activating group) is 1. The Bertz CT molecular complexity index is 730. The van der Waals surface area contributed by atoms with Gasteiger partial charge in [0.2, 0.25) is 5.91 Å². The van der Waals surface area contributed by atoms with Crippen molar-refractivity contribution in [3.05, 3.63) is 23.8 Å². The van der Waals surface area contributed by atoms with E-state index in [1.807, 2.05) is 0 Å². The van der Waals surface area contributed by atoms with Crippen molar-refractivity contribution in [1.82, 2.24) is 9.80 Å². The third kappa shape index (κ3) is 2.32. The minimum absolute atomic E-state index is 0.415. The summed E-state index contributed by atoms with van der Waals surface area (Å²) in [5, 5.41) is 0. The predicted molar refractivity (Wildman–Crippen MR) is 81.4 cm³/mol. The second-order valence-corrected chi connectivity index (χ2v) is 5.53. The van der Waals surface area contributed by atoms with Crippen LogP contribution in [0.4, 0.5) is 16.2 Å². The molecule has 2 aliphatic rings. The Kier molecular flexibility index (Phi) is 3.51. The molecule has 2 heterocycles. The van der Waals surface area contributed by atoms with Gasteiger partial charge in [0.25, 0.3) is 0 Å². The molecule has 1 aromatic carbocycles. The minimum atomic E-state index is -0.976. The maximum absolute atomic E-state index is 12.5. The summed E-state index contributed by atoms with van der Waals surface area (Å²) in [7, 11) is 1.21. The maximum Gasteiger partial charge on any atom is 0.334 e. The van der Waals surface area contributed by atoms with Gasteiger partial charge in [0, 0.05) is 25.0 Å². The molecule has 1 saturated heterocycles. The zero-order valence-corrected chi connectivity index (χ0v) is 12.6. The molecule has 8 heteroatoms. The summed E-state index contributed by atoms with van der Waals surface area (Å²) in [5.74, 6) is -2.32. The van der Waals surface area contributed by atoms with Crippen LogP contribution in [0.25, 0.3) is 0 Å². The van der Waals surface area contributed by atoms with E-state index < -0.39 is 30.3 Å². The molecule has 2 N–H and O–H groups in total. The van der Waals surface area contributed by atoms with Gasteiger partial charge in [0.1, 0.15) is 6.54 Å². The standard InChI is InChI=1S/C15H16N4O4/c1-17-13(21)14(22)19(15(17)23)8-12(20)18-7-3-4-9-10(16)5-2-6-11(9)18/h2,5-6H,3-4,7-8,16H2,1H3. The molecule has 120 valence electrons. The molecule has 0 bridgehead atoms. The summed E-state index contributed by atoms with van der Waals surface area (Å²) >= 11 is 0. The average molecular weight is 316 g/mol. The van der Waals surface area contributed by atoms with E-state index in [1.54, 1.807) is 18.2 Å². The molecular formula is C15H16N4O4. The number of carbonyl (C=O) groups excluding carboxylic acids is 4. The third-order valence-electron chi connectivity index (χ3n) is 4.13. The van der Waals surface area contributed by atoms with Crippen molar-refractivity contribution >= 4 is 35.1 Å². The first-order chi connectivity index (χ1) is 10.9. The van der Waals surface area contributed by atoms with Gasteiger partial charge in [-0.3, -0.25) is 19.3 Å². The minimum Gasteiger partial charge on any atom is -0.398 e. The molecule has 0 unspecified atom stereocenters. The Morgan fingerprint density at radius 3 is 2.61 bits per heavy atom. The van der Waals surface area contributed by atoms with Crippen LogP contribution in [-0.2, 0) is 20.8 Å². The molecule has 8 nitrogen and oxygen atoms in total. The van der Waals surface area contributed by atoms with Gasteiger partial charge in [-0.25, -0.2) is 9.69 Å².